The van der Waals surface area contributed by atoms with Gasteiger partial charge in [-0.05, 0) is 195 Å². The number of fused-ring (bicyclic) bond motifs is 5. The zero-order valence-electron chi connectivity index (χ0n) is 61.8. The molecule has 558 valence electrons. The summed E-state index contributed by atoms with van der Waals surface area (Å²) in [7, 11) is 0. The summed E-state index contributed by atoms with van der Waals surface area (Å²) in [5.41, 5.74) is 19.7. The lowest BCUT2D eigenvalue weighted by atomic mass is 9.96. The van der Waals surface area contributed by atoms with Crippen LogP contribution < -0.4 is 50.3 Å². The van der Waals surface area contributed by atoms with Crippen LogP contribution in [0, 0.1) is 0 Å². The van der Waals surface area contributed by atoms with Crippen LogP contribution in [0.1, 0.15) is 73.8 Å². The molecule has 0 radical (unpaired) electrons. The van der Waals surface area contributed by atoms with Crippen LogP contribution in [0.15, 0.2) is 274 Å². The van der Waals surface area contributed by atoms with Gasteiger partial charge in [-0.25, -0.2) is 0 Å². The number of aromatic nitrogens is 5. The van der Waals surface area contributed by atoms with Gasteiger partial charge in [-0.2, -0.15) is 0 Å². The highest BCUT2D eigenvalue weighted by molar-refractivity contribution is 6.00. The molecule has 18 rings (SSSR count). The van der Waals surface area contributed by atoms with Crippen molar-refractivity contribution in [1.82, 2.24) is 24.9 Å². The predicted octanol–water partition coefficient (Wildman–Crippen LogP) is 19.3. The van der Waals surface area contributed by atoms with Crippen LogP contribution in [0.3, 0.4) is 0 Å². The topological polar surface area (TPSA) is 256 Å². The number of carbonyl (C=O) groups is 5. The highest BCUT2D eigenvalue weighted by Gasteiger charge is 2.27. The Balaban J connectivity index is 0.000000117. The van der Waals surface area contributed by atoms with Gasteiger partial charge in [-0.1, -0.05) is 84.9 Å². The van der Waals surface area contributed by atoms with E-state index in [-0.39, 0.29) is 29.5 Å². The fourth-order valence-corrected chi connectivity index (χ4v) is 13.5. The van der Waals surface area contributed by atoms with E-state index in [2.05, 4.69) is 75.8 Å². The second kappa shape index (κ2) is 36.2. The molecular weight excluding hydrogens is 1410 g/mol. The number of nitrogens with one attached hydrogen (secondary N) is 5. The number of benzene rings is 8. The van der Waals surface area contributed by atoms with Crippen molar-refractivity contribution >= 4 is 58.0 Å². The third-order valence-electron chi connectivity index (χ3n) is 18.9. The monoisotopic (exact) mass is 1480 g/mol. The molecule has 20 heteroatoms. The summed E-state index contributed by atoms with van der Waals surface area (Å²) < 4.78 is 29.8. The first kappa shape index (κ1) is 74.7. The SMILES string of the molecule is CCOc1cc(-c2cccnc2)cc2c1NC(=O)CC2.CCOc1cc2c(cc1-c1cccnc1)CCC(=O)N2.O=C1CCc2c(ccc(-c3cccnc3)c2Oc2ccccc2)N1.O=C1CCc2cc(-c3cccnc3)c(Oc3ccccc3)cc2N1.O=C1CCc2cc(-c3cccnc3)cc(Oc3ccccc3)c2N1. The Morgan fingerprint density at radius 1 is 0.286 bits per heavy atom. The van der Waals surface area contributed by atoms with Crippen molar-refractivity contribution in [2.45, 2.75) is 78.1 Å². The van der Waals surface area contributed by atoms with E-state index in [9.17, 15) is 24.0 Å². The molecule has 5 amide bonds. The normalized spacial score (nSPS) is 13.2. The maximum absolute atomic E-state index is 11.8. The van der Waals surface area contributed by atoms with Crippen LogP contribution in [-0.4, -0.2) is 67.7 Å². The van der Waals surface area contributed by atoms with Gasteiger partial charge in [0.05, 0.1) is 24.6 Å². The van der Waals surface area contributed by atoms with E-state index in [1.165, 1.54) is 0 Å². The summed E-state index contributed by atoms with van der Waals surface area (Å²) in [6.07, 6.45) is 24.0. The van der Waals surface area contributed by atoms with Gasteiger partial charge < -0.3 is 50.3 Å². The number of nitrogens with zero attached hydrogens (tertiary/aromatic N) is 5. The number of aryl methyl sites for hydroxylation is 4. The molecule has 0 saturated heterocycles. The van der Waals surface area contributed by atoms with E-state index in [4.69, 9.17) is 23.7 Å². The van der Waals surface area contributed by atoms with E-state index < -0.39 is 0 Å². The molecular formula is C92H80N10O10. The number of amides is 5. The first-order valence-corrected chi connectivity index (χ1v) is 37.2. The number of carbonyl (C=O) groups excluding carboxylic acids is 5. The third kappa shape index (κ3) is 18.9. The summed E-state index contributed by atoms with van der Waals surface area (Å²) in [4.78, 5) is 79.1. The molecule has 5 aromatic heterocycles. The smallest absolute Gasteiger partial charge is 0.224 e. The summed E-state index contributed by atoms with van der Waals surface area (Å²) in [5, 5.41) is 14.6. The Labute approximate surface area is 648 Å². The number of hydrogen-bond donors (Lipinski definition) is 5. The second-order valence-electron chi connectivity index (χ2n) is 26.6. The maximum Gasteiger partial charge on any atom is 0.224 e. The lowest BCUT2D eigenvalue weighted by Crippen LogP contribution is -2.20. The summed E-state index contributed by atoms with van der Waals surface area (Å²) in [5.74, 6) is 6.15. The number of pyridine rings is 5. The average Bonchev–Trinajstić information content (AvgIpc) is 0.817. The molecule has 5 aliphatic heterocycles. The quantitative estimate of drug-likeness (QED) is 0.0639. The maximum atomic E-state index is 11.8. The van der Waals surface area contributed by atoms with Crippen LogP contribution >= 0.6 is 0 Å². The van der Waals surface area contributed by atoms with Crippen LogP contribution in [0.5, 0.6) is 46.0 Å². The van der Waals surface area contributed by atoms with Crippen LogP contribution in [0.25, 0.3) is 55.6 Å². The van der Waals surface area contributed by atoms with Gasteiger partial charge in [0.15, 0.2) is 5.75 Å². The molecule has 5 aliphatic rings. The van der Waals surface area contributed by atoms with E-state index in [0.29, 0.717) is 69.7 Å². The molecule has 0 spiro atoms. The van der Waals surface area contributed by atoms with Crippen molar-refractivity contribution in [1.29, 1.82) is 0 Å². The van der Waals surface area contributed by atoms with Crippen molar-refractivity contribution in [3.05, 3.63) is 302 Å². The van der Waals surface area contributed by atoms with Gasteiger partial charge in [0.25, 0.3) is 0 Å². The first-order valence-electron chi connectivity index (χ1n) is 37.2. The molecule has 0 saturated carbocycles. The lowest BCUT2D eigenvalue weighted by molar-refractivity contribution is -0.117. The molecule has 0 aliphatic carbocycles. The zero-order valence-corrected chi connectivity index (χ0v) is 61.8. The van der Waals surface area contributed by atoms with E-state index in [1.54, 1.807) is 31.0 Å². The molecule has 20 nitrogen and oxygen atoms in total. The van der Waals surface area contributed by atoms with Crippen molar-refractivity contribution in [3.63, 3.8) is 0 Å². The number of para-hydroxylation sites is 3. The first-order chi connectivity index (χ1) is 54.9. The fraction of sp³-hybridized carbons (Fsp3) is 0.152. The second-order valence-corrected chi connectivity index (χ2v) is 26.6. The molecule has 13 aromatic rings. The molecule has 5 N–H and O–H groups in total. The number of ether oxygens (including phenoxy) is 5. The van der Waals surface area contributed by atoms with Crippen molar-refractivity contribution in [2.75, 3.05) is 39.8 Å². The Hall–Kier alpha value is -14.1. The zero-order chi connectivity index (χ0) is 77.0. The van der Waals surface area contributed by atoms with Gasteiger partial charge >= 0.3 is 0 Å². The Bertz CT molecular complexity index is 5440. The van der Waals surface area contributed by atoms with Gasteiger partial charge in [0.1, 0.15) is 40.2 Å². The number of rotatable bonds is 15. The van der Waals surface area contributed by atoms with E-state index >= 15 is 0 Å². The average molecular weight is 1490 g/mol. The highest BCUT2D eigenvalue weighted by atomic mass is 16.5. The summed E-state index contributed by atoms with van der Waals surface area (Å²) in [6, 6.07) is 68.5. The lowest BCUT2D eigenvalue weighted by Gasteiger charge is -2.22. The third-order valence-corrected chi connectivity index (χ3v) is 18.9. The molecule has 10 heterocycles. The van der Waals surface area contributed by atoms with Crippen molar-refractivity contribution in [2.24, 2.45) is 0 Å². The van der Waals surface area contributed by atoms with Gasteiger partial charge in [0.2, 0.25) is 29.5 Å². The van der Waals surface area contributed by atoms with Crippen LogP contribution in [-0.2, 0) is 56.1 Å². The Morgan fingerprint density at radius 3 is 1.11 bits per heavy atom. The number of anilines is 5. The van der Waals surface area contributed by atoms with Crippen molar-refractivity contribution in [3.8, 4) is 102 Å². The summed E-state index contributed by atoms with van der Waals surface area (Å²) in [6.45, 7) is 5.04. The highest BCUT2D eigenvalue weighted by Crippen LogP contribution is 2.45. The van der Waals surface area contributed by atoms with E-state index in [1.807, 2.05) is 233 Å². The minimum Gasteiger partial charge on any atom is -0.493 e. The largest absolute Gasteiger partial charge is 0.493 e. The molecule has 8 aromatic carbocycles. The molecule has 112 heavy (non-hydrogen) atoms. The molecule has 0 atom stereocenters. The summed E-state index contributed by atoms with van der Waals surface area (Å²) >= 11 is 0. The van der Waals surface area contributed by atoms with Crippen molar-refractivity contribution < 1.29 is 47.7 Å². The molecule has 0 unspecified atom stereocenters. The standard InChI is InChI=1S/3C20H16N2O2.2C16H16N2O2/c23-19-11-9-17-18(22-19)10-8-16(14-5-4-12-21-13-14)20(17)24-15-6-2-1-3-7-15;23-19-9-8-14-11-16(15-5-4-10-21-13-15)12-18(20(14)22-19)24-17-6-2-1-3-7-17;23-20-9-8-14-11-17(15-5-4-10-21-13-15)19(12-18(14)22-20)24-16-6-2-1-3-7-16;1-2-20-15-9-14-11(5-6-16(19)18-14)8-13(15)12-4-3-7-17-10-12;1-2-20-14-9-13(12-4-3-7-17-10-12)8-11-5-6-15(19)18-16(11)14/h1-8,10,12-13H,9,11H2,(H,22,23);2*1-7,10-13H,8-9H2,(H,22,23);2*3-4,7-10H,2,5-6H2,1H3,(H,18,19). The van der Waals surface area contributed by atoms with Crippen LogP contribution in [0.2, 0.25) is 0 Å². The Morgan fingerprint density at radius 2 is 0.652 bits per heavy atom. The molecule has 0 bridgehead atoms. The fourth-order valence-electron chi connectivity index (χ4n) is 13.5. The van der Waals surface area contributed by atoms with Gasteiger partial charge in [-0.15, -0.1) is 0 Å². The van der Waals surface area contributed by atoms with Gasteiger partial charge in [-0.3, -0.25) is 48.9 Å². The molecule has 0 fully saturated rings. The van der Waals surface area contributed by atoms with E-state index in [0.717, 1.165) is 166 Å². The minimum absolute atomic E-state index is 0.0227. The van der Waals surface area contributed by atoms with Crippen LogP contribution in [0.4, 0.5) is 28.4 Å². The predicted molar refractivity (Wildman–Crippen MR) is 435 cm³/mol. The van der Waals surface area contributed by atoms with Gasteiger partial charge in [0, 0.05) is 173 Å². The number of hydrogen-bond acceptors (Lipinski definition) is 15. The minimum atomic E-state index is 0.0227. The Kier molecular flexibility index (Phi) is 24.1.